The Morgan fingerprint density at radius 1 is 1.22 bits per heavy atom. The minimum Gasteiger partial charge on any atom is -1.00 e. The quantitative estimate of drug-likeness (QED) is 0.574. The number of H-pyrrole nitrogens is 1. The highest BCUT2D eigenvalue weighted by molar-refractivity contribution is 5.84. The number of likely N-dealkylation sites (N-methyl/N-ethyl adjacent to an activating group) is 1. The monoisotopic (exact) mass is 360 g/mol. The van der Waals surface area contributed by atoms with Gasteiger partial charge in [0.15, 0.2) is 0 Å². The van der Waals surface area contributed by atoms with Crippen LogP contribution in [0.5, 0.6) is 5.75 Å². The van der Waals surface area contributed by atoms with Crippen molar-refractivity contribution in [2.75, 3.05) is 34.8 Å². The molecule has 0 saturated carbocycles. The molecular weight excluding hydrogens is 339 g/mol. The summed E-state index contributed by atoms with van der Waals surface area (Å²) >= 11 is 0. The van der Waals surface area contributed by atoms with Crippen molar-refractivity contribution in [3.63, 3.8) is 0 Å². The number of rotatable bonds is 4. The molecule has 18 heavy (non-hydrogen) atoms. The van der Waals surface area contributed by atoms with Crippen LogP contribution in [0, 0.1) is 0 Å². The molecule has 0 aliphatic rings. The summed E-state index contributed by atoms with van der Waals surface area (Å²) in [7, 11) is 8.36. The van der Waals surface area contributed by atoms with Crippen LogP contribution in [-0.2, 0) is 6.42 Å². The van der Waals surface area contributed by atoms with E-state index in [-0.39, 0.29) is 24.0 Å². The second-order valence-electron chi connectivity index (χ2n) is 5.49. The fourth-order valence-electron chi connectivity index (χ4n) is 1.95. The van der Waals surface area contributed by atoms with Gasteiger partial charge in [0, 0.05) is 23.5 Å². The largest absolute Gasteiger partial charge is 1.00 e. The number of nitrogens with zero attached hydrogens (tertiary/aromatic N) is 1. The normalized spacial score (nSPS) is 11.3. The van der Waals surface area contributed by atoms with Crippen molar-refractivity contribution in [1.82, 2.24) is 4.98 Å². The number of hydrogen-bond acceptors (Lipinski definition) is 1. The van der Waals surface area contributed by atoms with Gasteiger partial charge in [0.2, 0.25) is 0 Å². The molecule has 0 bridgehead atoms. The van der Waals surface area contributed by atoms with Gasteiger partial charge in [-0.1, -0.05) is 0 Å². The molecule has 1 heterocycles. The molecule has 100 valence electrons. The number of methoxy groups -OCH3 is 1. The lowest BCUT2D eigenvalue weighted by molar-refractivity contribution is -0.870. The van der Waals surface area contributed by atoms with Crippen molar-refractivity contribution in [1.29, 1.82) is 0 Å². The average Bonchev–Trinajstić information content (AvgIpc) is 2.67. The zero-order valence-corrected chi connectivity index (χ0v) is 13.6. The number of fused-ring (bicyclic) bond motifs is 1. The first kappa shape index (κ1) is 15.3. The number of aromatic amines is 1. The van der Waals surface area contributed by atoms with Gasteiger partial charge in [-0.3, -0.25) is 0 Å². The van der Waals surface area contributed by atoms with Crippen LogP contribution < -0.4 is 28.7 Å². The van der Waals surface area contributed by atoms with Crippen molar-refractivity contribution < 1.29 is 33.2 Å². The predicted octanol–water partition coefficient (Wildman–Crippen LogP) is -0.571. The summed E-state index contributed by atoms with van der Waals surface area (Å²) in [6.45, 7) is 1.13. The topological polar surface area (TPSA) is 25.0 Å². The van der Waals surface area contributed by atoms with Crippen LogP contribution in [0.25, 0.3) is 10.9 Å². The molecule has 1 aromatic heterocycles. The molecule has 0 aliphatic carbocycles. The van der Waals surface area contributed by atoms with E-state index in [9.17, 15) is 0 Å². The molecule has 0 fully saturated rings. The fraction of sp³-hybridized carbons (Fsp3) is 0.429. The number of halogens is 1. The Hall–Kier alpha value is -0.750. The molecule has 4 heteroatoms. The Kier molecular flexibility index (Phi) is 5.04. The second kappa shape index (κ2) is 5.93. The van der Waals surface area contributed by atoms with Crippen molar-refractivity contribution in [3.05, 3.63) is 30.0 Å². The SMILES string of the molecule is COc1ccc2[nH]cc(CC[N+](C)(C)C)c2c1.[I-]. The highest BCUT2D eigenvalue weighted by Gasteiger charge is 2.10. The summed E-state index contributed by atoms with van der Waals surface area (Å²) in [4.78, 5) is 3.31. The maximum absolute atomic E-state index is 5.27. The molecule has 0 saturated heterocycles. The molecule has 2 aromatic rings. The third-order valence-corrected chi connectivity index (χ3v) is 3.03. The minimum atomic E-state index is 0. The van der Waals surface area contributed by atoms with Crippen molar-refractivity contribution in [2.24, 2.45) is 0 Å². The fourth-order valence-corrected chi connectivity index (χ4v) is 1.95. The molecular formula is C14H21IN2O. The molecule has 1 N–H and O–H groups in total. The maximum atomic E-state index is 5.27. The van der Waals surface area contributed by atoms with Crippen LogP contribution in [0.2, 0.25) is 0 Å². The number of aromatic nitrogens is 1. The predicted molar refractivity (Wildman–Crippen MR) is 71.5 cm³/mol. The van der Waals surface area contributed by atoms with Crippen LogP contribution in [0.4, 0.5) is 0 Å². The minimum absolute atomic E-state index is 0. The Bertz CT molecular complexity index is 514. The Balaban J connectivity index is 0.00000162. The highest BCUT2D eigenvalue weighted by atomic mass is 127. The molecule has 0 radical (unpaired) electrons. The first-order valence-electron chi connectivity index (χ1n) is 5.94. The summed E-state index contributed by atoms with van der Waals surface area (Å²) in [5.74, 6) is 0.920. The lowest BCUT2D eigenvalue weighted by Crippen LogP contribution is -3.00. The van der Waals surface area contributed by atoms with Gasteiger partial charge in [0.1, 0.15) is 5.75 Å². The van der Waals surface area contributed by atoms with E-state index in [1.807, 2.05) is 6.07 Å². The Morgan fingerprint density at radius 2 is 1.94 bits per heavy atom. The van der Waals surface area contributed by atoms with Gasteiger partial charge in [0.25, 0.3) is 0 Å². The van der Waals surface area contributed by atoms with Gasteiger partial charge in [-0.25, -0.2) is 0 Å². The van der Waals surface area contributed by atoms with Crippen LogP contribution in [0.15, 0.2) is 24.4 Å². The van der Waals surface area contributed by atoms with Crippen LogP contribution >= 0.6 is 0 Å². The maximum Gasteiger partial charge on any atom is 0.119 e. The number of quaternary nitrogens is 1. The van der Waals surface area contributed by atoms with E-state index in [1.165, 1.54) is 16.5 Å². The van der Waals surface area contributed by atoms with Gasteiger partial charge >= 0.3 is 0 Å². The van der Waals surface area contributed by atoms with E-state index in [2.05, 4.69) is 44.5 Å². The molecule has 0 amide bonds. The number of ether oxygens (including phenoxy) is 1. The van der Waals surface area contributed by atoms with E-state index in [0.29, 0.717) is 0 Å². The first-order chi connectivity index (χ1) is 7.99. The lowest BCUT2D eigenvalue weighted by Gasteiger charge is -2.23. The molecule has 0 atom stereocenters. The van der Waals surface area contributed by atoms with Gasteiger partial charge in [0.05, 0.1) is 34.8 Å². The summed E-state index contributed by atoms with van der Waals surface area (Å²) in [5, 5.41) is 1.28. The van der Waals surface area contributed by atoms with Gasteiger partial charge in [-0.15, -0.1) is 0 Å². The van der Waals surface area contributed by atoms with E-state index in [4.69, 9.17) is 4.74 Å². The van der Waals surface area contributed by atoms with E-state index in [0.717, 1.165) is 23.2 Å². The van der Waals surface area contributed by atoms with Crippen LogP contribution in [0.3, 0.4) is 0 Å². The van der Waals surface area contributed by atoms with E-state index in [1.54, 1.807) is 7.11 Å². The first-order valence-corrected chi connectivity index (χ1v) is 5.94. The van der Waals surface area contributed by atoms with Gasteiger partial charge < -0.3 is 38.2 Å². The smallest absolute Gasteiger partial charge is 0.119 e. The summed E-state index contributed by atoms with van der Waals surface area (Å²) < 4.78 is 6.26. The molecule has 1 aromatic carbocycles. The lowest BCUT2D eigenvalue weighted by atomic mass is 10.1. The third-order valence-electron chi connectivity index (χ3n) is 3.03. The van der Waals surface area contributed by atoms with Crippen LogP contribution in [-0.4, -0.2) is 44.3 Å². The van der Waals surface area contributed by atoms with Gasteiger partial charge in [-0.05, 0) is 23.8 Å². The van der Waals surface area contributed by atoms with Crippen LogP contribution in [0.1, 0.15) is 5.56 Å². The van der Waals surface area contributed by atoms with E-state index < -0.39 is 0 Å². The summed E-state index contributed by atoms with van der Waals surface area (Å²) in [5.41, 5.74) is 2.55. The Morgan fingerprint density at radius 3 is 2.56 bits per heavy atom. The van der Waals surface area contributed by atoms with Gasteiger partial charge in [-0.2, -0.15) is 0 Å². The second-order valence-corrected chi connectivity index (χ2v) is 5.49. The average molecular weight is 360 g/mol. The molecule has 3 nitrogen and oxygen atoms in total. The van der Waals surface area contributed by atoms with Crippen molar-refractivity contribution >= 4 is 10.9 Å². The Labute approximate surface area is 126 Å². The molecule has 2 rings (SSSR count). The molecule has 0 spiro atoms. The van der Waals surface area contributed by atoms with E-state index >= 15 is 0 Å². The number of hydrogen-bond donors (Lipinski definition) is 1. The number of benzene rings is 1. The zero-order chi connectivity index (χ0) is 12.5. The summed E-state index contributed by atoms with van der Waals surface area (Å²) in [6.07, 6.45) is 3.19. The third kappa shape index (κ3) is 3.62. The summed E-state index contributed by atoms with van der Waals surface area (Å²) in [6, 6.07) is 6.17. The highest BCUT2D eigenvalue weighted by Crippen LogP contribution is 2.24. The molecule has 0 aliphatic heterocycles. The zero-order valence-electron chi connectivity index (χ0n) is 11.5. The standard InChI is InChI=1S/C14H21N2O.HI/c1-16(2,3)8-7-11-10-15-14-6-5-12(17-4)9-13(11)14;/h5-6,9-10,15H,7-8H2,1-4H3;1H/q+1;/p-1. The van der Waals surface area contributed by atoms with Crippen molar-refractivity contribution in [3.8, 4) is 5.75 Å². The van der Waals surface area contributed by atoms with Crippen molar-refractivity contribution in [2.45, 2.75) is 6.42 Å². The number of nitrogens with one attached hydrogen (secondary N) is 1. The molecule has 0 unspecified atom stereocenters.